The molecular formula is C10H10BrN3O. The van der Waals surface area contributed by atoms with Crippen molar-refractivity contribution in [1.29, 1.82) is 0 Å². The molecule has 0 bridgehead atoms. The largest absolute Gasteiger partial charge is 0.493 e. The Labute approximate surface area is 96.0 Å². The lowest BCUT2D eigenvalue weighted by Gasteiger charge is -2.02. The predicted octanol–water partition coefficient (Wildman–Crippen LogP) is 2.35. The number of nitrogens with zero attached hydrogens (tertiary/aromatic N) is 3. The smallest absolute Gasteiger partial charge is 0.157 e. The Morgan fingerprint density at radius 3 is 2.80 bits per heavy atom. The van der Waals surface area contributed by atoms with E-state index in [1.807, 2.05) is 13.0 Å². The summed E-state index contributed by atoms with van der Waals surface area (Å²) in [7, 11) is 1.61. The first-order valence-corrected chi connectivity index (χ1v) is 5.21. The molecule has 4 nitrogen and oxygen atoms in total. The van der Waals surface area contributed by atoms with Gasteiger partial charge in [0.2, 0.25) is 0 Å². The molecule has 0 spiro atoms. The maximum atomic E-state index is 5.05. The second-order valence-corrected chi connectivity index (χ2v) is 3.97. The Hall–Kier alpha value is -1.36. The van der Waals surface area contributed by atoms with E-state index in [0.717, 1.165) is 21.6 Å². The molecule has 15 heavy (non-hydrogen) atoms. The van der Waals surface area contributed by atoms with Gasteiger partial charge in [-0.15, -0.1) is 0 Å². The number of ether oxygens (including phenoxy) is 1. The molecule has 2 rings (SSSR count). The van der Waals surface area contributed by atoms with E-state index in [2.05, 4.69) is 26.0 Å². The average Bonchev–Trinajstić information content (AvgIpc) is 2.70. The maximum Gasteiger partial charge on any atom is 0.157 e. The van der Waals surface area contributed by atoms with Gasteiger partial charge in [-0.1, -0.05) is 0 Å². The summed E-state index contributed by atoms with van der Waals surface area (Å²) in [6.07, 6.45) is 5.20. The third kappa shape index (κ3) is 2.02. The van der Waals surface area contributed by atoms with Crippen LogP contribution >= 0.6 is 15.9 Å². The lowest BCUT2D eigenvalue weighted by Crippen LogP contribution is -1.98. The van der Waals surface area contributed by atoms with Crippen molar-refractivity contribution in [2.45, 2.75) is 6.92 Å². The molecule has 0 aliphatic carbocycles. The zero-order valence-electron chi connectivity index (χ0n) is 8.44. The molecule has 0 aliphatic rings. The van der Waals surface area contributed by atoms with Gasteiger partial charge in [0.1, 0.15) is 0 Å². The summed E-state index contributed by atoms with van der Waals surface area (Å²) >= 11 is 3.40. The van der Waals surface area contributed by atoms with Crippen LogP contribution in [0.3, 0.4) is 0 Å². The standard InChI is InChI=1S/C10H10BrN3O/c1-7-3-10(12-5-9(7)11)14-6-8(15-2)4-13-14/h3-6H,1-2H3. The van der Waals surface area contributed by atoms with E-state index in [1.165, 1.54) is 0 Å². The van der Waals surface area contributed by atoms with Crippen LogP contribution in [0.15, 0.2) is 29.1 Å². The van der Waals surface area contributed by atoms with Crippen LogP contribution in [0.2, 0.25) is 0 Å². The Morgan fingerprint density at radius 1 is 1.40 bits per heavy atom. The van der Waals surface area contributed by atoms with Gasteiger partial charge in [0.15, 0.2) is 11.6 Å². The lowest BCUT2D eigenvalue weighted by atomic mass is 10.3. The molecule has 0 unspecified atom stereocenters. The normalized spacial score (nSPS) is 10.3. The van der Waals surface area contributed by atoms with E-state index in [4.69, 9.17) is 4.74 Å². The van der Waals surface area contributed by atoms with Gasteiger partial charge in [-0.3, -0.25) is 0 Å². The highest BCUT2D eigenvalue weighted by molar-refractivity contribution is 9.10. The van der Waals surface area contributed by atoms with E-state index in [0.29, 0.717) is 0 Å². The minimum Gasteiger partial charge on any atom is -0.493 e. The number of aryl methyl sites for hydroxylation is 1. The molecule has 2 aromatic heterocycles. The predicted molar refractivity (Wildman–Crippen MR) is 60.3 cm³/mol. The highest BCUT2D eigenvalue weighted by atomic mass is 79.9. The van der Waals surface area contributed by atoms with E-state index in [1.54, 1.807) is 30.4 Å². The van der Waals surface area contributed by atoms with E-state index in [9.17, 15) is 0 Å². The molecule has 0 amide bonds. The number of hydrogen-bond donors (Lipinski definition) is 0. The Kier molecular flexibility index (Phi) is 2.73. The molecule has 0 aromatic carbocycles. The fourth-order valence-electron chi connectivity index (χ4n) is 1.19. The molecule has 0 N–H and O–H groups in total. The van der Waals surface area contributed by atoms with Crippen LogP contribution in [-0.2, 0) is 0 Å². The average molecular weight is 268 g/mol. The van der Waals surface area contributed by atoms with Crippen molar-refractivity contribution >= 4 is 15.9 Å². The molecule has 78 valence electrons. The molecule has 2 heterocycles. The van der Waals surface area contributed by atoms with Crippen molar-refractivity contribution < 1.29 is 4.74 Å². The van der Waals surface area contributed by atoms with Gasteiger partial charge in [-0.25, -0.2) is 9.67 Å². The monoisotopic (exact) mass is 267 g/mol. The molecule has 0 saturated carbocycles. The minimum atomic E-state index is 0.720. The fraction of sp³-hybridized carbons (Fsp3) is 0.200. The number of rotatable bonds is 2. The van der Waals surface area contributed by atoms with Gasteiger partial charge in [-0.05, 0) is 34.5 Å². The van der Waals surface area contributed by atoms with Crippen LogP contribution in [0.5, 0.6) is 5.75 Å². The SMILES string of the molecule is COc1cnn(-c2cc(C)c(Br)cn2)c1. The van der Waals surface area contributed by atoms with Crippen LogP contribution in [0, 0.1) is 6.92 Å². The summed E-state index contributed by atoms with van der Waals surface area (Å²) in [5, 5.41) is 4.14. The molecule has 0 atom stereocenters. The van der Waals surface area contributed by atoms with Crippen molar-refractivity contribution in [3.05, 3.63) is 34.7 Å². The Balaban J connectivity index is 2.40. The second kappa shape index (κ2) is 4.02. The van der Waals surface area contributed by atoms with Gasteiger partial charge < -0.3 is 4.74 Å². The van der Waals surface area contributed by atoms with Gasteiger partial charge in [-0.2, -0.15) is 5.10 Å². The fourth-order valence-corrected chi connectivity index (χ4v) is 1.40. The highest BCUT2D eigenvalue weighted by Crippen LogP contribution is 2.18. The van der Waals surface area contributed by atoms with Crippen LogP contribution in [0.4, 0.5) is 0 Å². The third-order valence-electron chi connectivity index (χ3n) is 2.06. The van der Waals surface area contributed by atoms with Crippen LogP contribution in [-0.4, -0.2) is 21.9 Å². The van der Waals surface area contributed by atoms with Crippen molar-refractivity contribution in [3.63, 3.8) is 0 Å². The zero-order chi connectivity index (χ0) is 10.8. The van der Waals surface area contributed by atoms with Gasteiger partial charge >= 0.3 is 0 Å². The second-order valence-electron chi connectivity index (χ2n) is 3.12. The summed E-state index contributed by atoms with van der Waals surface area (Å²) in [6.45, 7) is 2.01. The summed E-state index contributed by atoms with van der Waals surface area (Å²) in [6, 6.07) is 1.95. The molecule has 0 saturated heterocycles. The molecule has 2 aromatic rings. The molecule has 5 heteroatoms. The Bertz CT molecular complexity index is 481. The number of methoxy groups -OCH3 is 1. The molecule has 0 radical (unpaired) electrons. The molecule has 0 aliphatic heterocycles. The van der Waals surface area contributed by atoms with E-state index < -0.39 is 0 Å². The summed E-state index contributed by atoms with van der Waals surface area (Å²) < 4.78 is 7.72. The number of pyridine rings is 1. The van der Waals surface area contributed by atoms with Crippen LogP contribution in [0.25, 0.3) is 5.82 Å². The van der Waals surface area contributed by atoms with Crippen molar-refractivity contribution in [2.75, 3.05) is 7.11 Å². The van der Waals surface area contributed by atoms with E-state index >= 15 is 0 Å². The molecular weight excluding hydrogens is 258 g/mol. The Morgan fingerprint density at radius 2 is 2.20 bits per heavy atom. The number of hydrogen-bond acceptors (Lipinski definition) is 3. The van der Waals surface area contributed by atoms with Gasteiger partial charge in [0, 0.05) is 10.7 Å². The van der Waals surface area contributed by atoms with Crippen molar-refractivity contribution in [2.24, 2.45) is 0 Å². The zero-order valence-corrected chi connectivity index (χ0v) is 10.0. The summed E-state index contributed by atoms with van der Waals surface area (Å²) in [5.74, 6) is 1.50. The van der Waals surface area contributed by atoms with Crippen molar-refractivity contribution in [3.8, 4) is 11.6 Å². The minimum absolute atomic E-state index is 0.720. The van der Waals surface area contributed by atoms with Gasteiger partial charge in [0.25, 0.3) is 0 Å². The summed E-state index contributed by atoms with van der Waals surface area (Å²) in [5.41, 5.74) is 1.12. The van der Waals surface area contributed by atoms with Crippen LogP contribution in [0.1, 0.15) is 5.56 Å². The summed E-state index contributed by atoms with van der Waals surface area (Å²) in [4.78, 5) is 4.26. The lowest BCUT2D eigenvalue weighted by molar-refractivity contribution is 0.414. The molecule has 0 fully saturated rings. The number of aromatic nitrogens is 3. The first-order valence-electron chi connectivity index (χ1n) is 4.42. The maximum absolute atomic E-state index is 5.05. The topological polar surface area (TPSA) is 39.9 Å². The third-order valence-corrected chi connectivity index (χ3v) is 2.89. The van der Waals surface area contributed by atoms with E-state index in [-0.39, 0.29) is 0 Å². The highest BCUT2D eigenvalue weighted by Gasteiger charge is 2.03. The quantitative estimate of drug-likeness (QED) is 0.839. The van der Waals surface area contributed by atoms with Crippen molar-refractivity contribution in [1.82, 2.24) is 14.8 Å². The first kappa shape index (κ1) is 10.2. The number of halogens is 1. The first-order chi connectivity index (χ1) is 7.20. The van der Waals surface area contributed by atoms with Gasteiger partial charge in [0.05, 0.1) is 19.5 Å². The van der Waals surface area contributed by atoms with Crippen LogP contribution < -0.4 is 4.74 Å².